The molecule has 1 fully saturated rings. The minimum atomic E-state index is -0.418. The quantitative estimate of drug-likeness (QED) is 0.329. The van der Waals surface area contributed by atoms with Crippen LogP contribution < -0.4 is 4.74 Å². The van der Waals surface area contributed by atoms with E-state index in [9.17, 15) is 5.21 Å². The van der Waals surface area contributed by atoms with Crippen molar-refractivity contribution in [2.45, 2.75) is 116 Å². The van der Waals surface area contributed by atoms with Crippen molar-refractivity contribution in [1.29, 1.82) is 0 Å². The molecular weight excluding hydrogens is 346 g/mol. The number of hydroxylamine groups is 2. The third-order valence-electron chi connectivity index (χ3n) is 6.46. The van der Waals surface area contributed by atoms with Gasteiger partial charge in [-0.25, -0.2) is 0 Å². The molecule has 28 heavy (non-hydrogen) atoms. The van der Waals surface area contributed by atoms with E-state index in [1.807, 2.05) is 26.0 Å². The highest BCUT2D eigenvalue weighted by atomic mass is 16.5. The average Bonchev–Trinajstić information content (AvgIpc) is 2.91. The Labute approximate surface area is 173 Å². The van der Waals surface area contributed by atoms with Crippen molar-refractivity contribution in [2.24, 2.45) is 0 Å². The molecule has 3 heteroatoms. The van der Waals surface area contributed by atoms with Gasteiger partial charge in [0.2, 0.25) is 0 Å². The molecule has 1 aliphatic rings. The summed E-state index contributed by atoms with van der Waals surface area (Å²) in [5.41, 5.74) is 0.400. The van der Waals surface area contributed by atoms with Crippen molar-refractivity contribution in [1.82, 2.24) is 5.06 Å². The normalized spacial score (nSPS) is 21.9. The Morgan fingerprint density at radius 2 is 1.36 bits per heavy atom. The summed E-state index contributed by atoms with van der Waals surface area (Å²) in [6, 6.07) is 8.19. The molecule has 2 rings (SSSR count). The number of rotatable bonds is 13. The number of hydrogen-bond acceptors (Lipinski definition) is 2. The zero-order chi connectivity index (χ0) is 20.5. The van der Waals surface area contributed by atoms with Crippen molar-refractivity contribution in [3.05, 3.63) is 29.8 Å². The van der Waals surface area contributed by atoms with Crippen molar-refractivity contribution in [3.8, 4) is 5.75 Å². The van der Waals surface area contributed by atoms with Crippen LogP contribution in [0.5, 0.6) is 5.75 Å². The first-order chi connectivity index (χ1) is 13.4. The van der Waals surface area contributed by atoms with Gasteiger partial charge in [-0.1, -0.05) is 76.8 Å². The Hall–Kier alpha value is -1.06. The topological polar surface area (TPSA) is 32.4 Å². The fourth-order valence-corrected chi connectivity index (χ4v) is 4.37. The van der Waals surface area contributed by atoms with Crippen LogP contribution >= 0.6 is 0 Å². The molecule has 0 amide bonds. The van der Waals surface area contributed by atoms with Crippen LogP contribution in [0.25, 0.3) is 0 Å². The van der Waals surface area contributed by atoms with Gasteiger partial charge in [0.15, 0.2) is 0 Å². The van der Waals surface area contributed by atoms with Gasteiger partial charge in [-0.2, -0.15) is 0 Å². The van der Waals surface area contributed by atoms with Gasteiger partial charge < -0.3 is 4.74 Å². The smallest absolute Gasteiger partial charge is 0.119 e. The summed E-state index contributed by atoms with van der Waals surface area (Å²) >= 11 is 0. The SMILES string of the molecule is CCCCCCCCCCCCOc1ccc(C2(C)CCC(C)(C)N2[O])cc1. The van der Waals surface area contributed by atoms with E-state index in [1.165, 1.54) is 62.9 Å². The zero-order valence-corrected chi connectivity index (χ0v) is 18.8. The van der Waals surface area contributed by atoms with Gasteiger partial charge >= 0.3 is 0 Å². The summed E-state index contributed by atoms with van der Waals surface area (Å²) < 4.78 is 5.90. The summed E-state index contributed by atoms with van der Waals surface area (Å²) in [6.45, 7) is 9.19. The second-order valence-corrected chi connectivity index (χ2v) is 9.44. The van der Waals surface area contributed by atoms with Crippen LogP contribution in [0.1, 0.15) is 110 Å². The molecule has 0 N–H and O–H groups in total. The maximum absolute atomic E-state index is 12.7. The number of benzene rings is 1. The second-order valence-electron chi connectivity index (χ2n) is 9.44. The lowest BCUT2D eigenvalue weighted by molar-refractivity contribution is -0.252. The van der Waals surface area contributed by atoms with E-state index in [0.717, 1.165) is 37.2 Å². The number of ether oxygens (including phenoxy) is 1. The maximum Gasteiger partial charge on any atom is 0.119 e. The number of hydrogen-bond donors (Lipinski definition) is 0. The highest BCUT2D eigenvalue weighted by Crippen LogP contribution is 2.46. The third-order valence-corrected chi connectivity index (χ3v) is 6.46. The molecule has 1 aliphatic heterocycles. The molecule has 0 spiro atoms. The van der Waals surface area contributed by atoms with Crippen LogP contribution in [0.3, 0.4) is 0 Å². The predicted molar refractivity (Wildman–Crippen MR) is 117 cm³/mol. The molecule has 159 valence electrons. The Bertz CT molecular complexity index is 554. The Balaban J connectivity index is 1.61. The summed E-state index contributed by atoms with van der Waals surface area (Å²) in [5.74, 6) is 0.915. The Morgan fingerprint density at radius 3 is 1.86 bits per heavy atom. The van der Waals surface area contributed by atoms with Crippen LogP contribution in [-0.2, 0) is 10.7 Å². The molecule has 1 aromatic carbocycles. The van der Waals surface area contributed by atoms with Gasteiger partial charge in [-0.05, 0) is 57.7 Å². The van der Waals surface area contributed by atoms with Crippen molar-refractivity contribution in [2.75, 3.05) is 6.61 Å². The average molecular weight is 389 g/mol. The molecule has 3 nitrogen and oxygen atoms in total. The second kappa shape index (κ2) is 11.2. The van der Waals surface area contributed by atoms with E-state index in [1.54, 1.807) is 0 Å². The molecule has 0 aromatic heterocycles. The molecule has 1 heterocycles. The van der Waals surface area contributed by atoms with E-state index in [0.29, 0.717) is 0 Å². The third kappa shape index (κ3) is 6.49. The van der Waals surface area contributed by atoms with Gasteiger partial charge in [0.05, 0.1) is 12.1 Å². The van der Waals surface area contributed by atoms with Gasteiger partial charge in [0.25, 0.3) is 0 Å². The van der Waals surface area contributed by atoms with Crippen molar-refractivity contribution >= 4 is 0 Å². The summed E-state index contributed by atoms with van der Waals surface area (Å²) in [4.78, 5) is 0. The van der Waals surface area contributed by atoms with Gasteiger partial charge in [-0.3, -0.25) is 0 Å². The molecule has 1 unspecified atom stereocenters. The Morgan fingerprint density at radius 1 is 0.821 bits per heavy atom. The van der Waals surface area contributed by atoms with Gasteiger partial charge in [-0.15, -0.1) is 10.3 Å². The molecule has 1 saturated heterocycles. The first-order valence-electron chi connectivity index (χ1n) is 11.6. The van der Waals surface area contributed by atoms with E-state index >= 15 is 0 Å². The van der Waals surface area contributed by atoms with Crippen molar-refractivity contribution in [3.63, 3.8) is 0 Å². The standard InChI is InChI=1S/C25H42NO2/c1-5-6-7-8-9-10-11-12-13-14-21-28-23-17-15-22(16-18-23)25(4)20-19-24(2,3)26(25)27/h15-18H,5-14,19-21H2,1-4H3. The van der Waals surface area contributed by atoms with E-state index in [4.69, 9.17) is 4.74 Å². The predicted octanol–water partition coefficient (Wildman–Crippen LogP) is 7.42. The van der Waals surface area contributed by atoms with E-state index < -0.39 is 5.54 Å². The summed E-state index contributed by atoms with van der Waals surface area (Å²) in [6.07, 6.45) is 15.2. The minimum absolute atomic E-state index is 0.278. The molecule has 1 radical (unpaired) electrons. The van der Waals surface area contributed by atoms with E-state index in [2.05, 4.69) is 26.0 Å². The van der Waals surface area contributed by atoms with Crippen LogP contribution in [0, 0.1) is 0 Å². The highest BCUT2D eigenvalue weighted by molar-refractivity contribution is 5.32. The maximum atomic E-state index is 12.7. The number of unbranched alkanes of at least 4 members (excludes halogenated alkanes) is 9. The highest BCUT2D eigenvalue weighted by Gasteiger charge is 2.49. The lowest BCUT2D eigenvalue weighted by atomic mass is 9.90. The van der Waals surface area contributed by atoms with Gasteiger partial charge in [0.1, 0.15) is 5.75 Å². The minimum Gasteiger partial charge on any atom is -0.494 e. The first-order valence-corrected chi connectivity index (χ1v) is 11.6. The van der Waals surface area contributed by atoms with Gasteiger partial charge in [0, 0.05) is 5.54 Å². The molecule has 0 aliphatic carbocycles. The zero-order valence-electron chi connectivity index (χ0n) is 18.8. The molecule has 1 aromatic rings. The monoisotopic (exact) mass is 388 g/mol. The fraction of sp³-hybridized carbons (Fsp3) is 0.760. The molecule has 0 bridgehead atoms. The first kappa shape index (κ1) is 23.2. The molecule has 0 saturated carbocycles. The van der Waals surface area contributed by atoms with E-state index in [-0.39, 0.29) is 5.54 Å². The fourth-order valence-electron chi connectivity index (χ4n) is 4.37. The number of nitrogens with zero attached hydrogens (tertiary/aromatic N) is 1. The largest absolute Gasteiger partial charge is 0.494 e. The van der Waals surface area contributed by atoms with Crippen LogP contribution in [0.4, 0.5) is 0 Å². The summed E-state index contributed by atoms with van der Waals surface area (Å²) in [7, 11) is 0. The van der Waals surface area contributed by atoms with Crippen molar-refractivity contribution < 1.29 is 9.94 Å². The van der Waals surface area contributed by atoms with Crippen LogP contribution in [0.2, 0.25) is 0 Å². The lowest BCUT2D eigenvalue weighted by Crippen LogP contribution is -2.44. The summed E-state index contributed by atoms with van der Waals surface area (Å²) in [5, 5.41) is 14.0. The molecular formula is C25H42NO2. The lowest BCUT2D eigenvalue weighted by Gasteiger charge is -2.35. The van der Waals surface area contributed by atoms with Crippen LogP contribution in [-0.4, -0.2) is 17.2 Å². The molecule has 1 atom stereocenters. The Kier molecular flexibility index (Phi) is 9.30. The van der Waals surface area contributed by atoms with Crippen LogP contribution in [0.15, 0.2) is 24.3 Å².